The van der Waals surface area contributed by atoms with Gasteiger partial charge in [0.25, 0.3) is 0 Å². The van der Waals surface area contributed by atoms with E-state index in [2.05, 4.69) is 20.0 Å². The van der Waals surface area contributed by atoms with Gasteiger partial charge in [-0.25, -0.2) is 0 Å². The second-order valence-electron chi connectivity index (χ2n) is 7.27. The molecule has 0 atom stereocenters. The second-order valence-corrected chi connectivity index (χ2v) is 7.27. The lowest BCUT2D eigenvalue weighted by atomic mass is 10.2. The van der Waals surface area contributed by atoms with Crippen LogP contribution < -0.4 is 14.5 Å². The summed E-state index contributed by atoms with van der Waals surface area (Å²) < 4.78 is 10.5. The Morgan fingerprint density at radius 3 is 2.07 bits per heavy atom. The Bertz CT molecular complexity index is 855. The third-order valence-corrected chi connectivity index (χ3v) is 5.42. The number of benzene rings is 1. The van der Waals surface area contributed by atoms with E-state index in [1.165, 1.54) is 0 Å². The lowest BCUT2D eigenvalue weighted by Crippen LogP contribution is -2.48. The SMILES string of the molecule is COc1ccc(/C=C/C(=O)N2CCN(c3ccc(N4CCOCC4)nn3)CC2)cc1. The topological polar surface area (TPSA) is 71.0 Å². The number of hydrogen-bond acceptors (Lipinski definition) is 7. The molecule has 0 N–H and O–H groups in total. The molecule has 0 radical (unpaired) electrons. The normalized spacial score (nSPS) is 17.4. The minimum absolute atomic E-state index is 0.0271. The van der Waals surface area contributed by atoms with Gasteiger partial charge in [0.15, 0.2) is 11.6 Å². The van der Waals surface area contributed by atoms with Crippen LogP contribution >= 0.6 is 0 Å². The van der Waals surface area contributed by atoms with Gasteiger partial charge in [-0.05, 0) is 35.9 Å². The van der Waals surface area contributed by atoms with E-state index in [9.17, 15) is 4.79 Å². The van der Waals surface area contributed by atoms with Crippen LogP contribution in [0.3, 0.4) is 0 Å². The van der Waals surface area contributed by atoms with Crippen molar-refractivity contribution in [1.82, 2.24) is 15.1 Å². The first kappa shape index (κ1) is 20.2. The molecular formula is C22H27N5O3. The van der Waals surface area contributed by atoms with Gasteiger partial charge < -0.3 is 24.2 Å². The van der Waals surface area contributed by atoms with Crippen molar-refractivity contribution in [3.05, 3.63) is 48.0 Å². The molecular weight excluding hydrogens is 382 g/mol. The molecule has 3 heterocycles. The van der Waals surface area contributed by atoms with Crippen molar-refractivity contribution < 1.29 is 14.3 Å². The standard InChI is InChI=1S/C22H27N5O3/c1-29-19-5-2-18(3-6-19)4-9-22(28)27-12-10-25(11-13-27)20-7-8-21(24-23-20)26-14-16-30-17-15-26/h2-9H,10-17H2,1H3/b9-4+. The highest BCUT2D eigenvalue weighted by molar-refractivity contribution is 5.92. The van der Waals surface area contributed by atoms with Crippen LogP contribution in [-0.2, 0) is 9.53 Å². The molecule has 2 aromatic rings. The minimum atomic E-state index is 0.0271. The Hall–Kier alpha value is -3.13. The number of nitrogens with zero attached hydrogens (tertiary/aromatic N) is 5. The number of hydrogen-bond donors (Lipinski definition) is 0. The van der Waals surface area contributed by atoms with Crippen LogP contribution in [0.15, 0.2) is 42.5 Å². The highest BCUT2D eigenvalue weighted by atomic mass is 16.5. The van der Waals surface area contributed by atoms with Gasteiger partial charge in [-0.2, -0.15) is 0 Å². The number of piperazine rings is 1. The van der Waals surface area contributed by atoms with Gasteiger partial charge in [0.1, 0.15) is 5.75 Å². The average molecular weight is 409 g/mol. The molecule has 0 aliphatic carbocycles. The Balaban J connectivity index is 1.28. The molecule has 0 unspecified atom stereocenters. The maximum absolute atomic E-state index is 12.5. The fraction of sp³-hybridized carbons (Fsp3) is 0.409. The van der Waals surface area contributed by atoms with Gasteiger partial charge in [0.05, 0.1) is 20.3 Å². The first-order valence-corrected chi connectivity index (χ1v) is 10.3. The molecule has 4 rings (SSSR count). The molecule has 0 bridgehead atoms. The number of anilines is 2. The predicted molar refractivity (Wildman–Crippen MR) is 116 cm³/mol. The quantitative estimate of drug-likeness (QED) is 0.696. The van der Waals surface area contributed by atoms with E-state index in [1.54, 1.807) is 13.2 Å². The molecule has 1 aromatic heterocycles. The zero-order valence-electron chi connectivity index (χ0n) is 17.2. The van der Waals surface area contributed by atoms with Gasteiger partial charge in [0, 0.05) is 45.3 Å². The van der Waals surface area contributed by atoms with Crippen molar-refractivity contribution in [2.24, 2.45) is 0 Å². The second kappa shape index (κ2) is 9.58. The summed E-state index contributed by atoms with van der Waals surface area (Å²) in [6.45, 7) is 5.97. The van der Waals surface area contributed by atoms with Crippen LogP contribution in [0.4, 0.5) is 11.6 Å². The van der Waals surface area contributed by atoms with Crippen molar-refractivity contribution in [1.29, 1.82) is 0 Å². The summed E-state index contributed by atoms with van der Waals surface area (Å²) in [6, 6.07) is 11.7. The van der Waals surface area contributed by atoms with Gasteiger partial charge in [-0.1, -0.05) is 12.1 Å². The number of rotatable bonds is 5. The molecule has 30 heavy (non-hydrogen) atoms. The molecule has 158 valence electrons. The van der Waals surface area contributed by atoms with E-state index >= 15 is 0 Å². The fourth-order valence-electron chi connectivity index (χ4n) is 3.59. The van der Waals surface area contributed by atoms with Crippen molar-refractivity contribution >= 4 is 23.6 Å². The number of carbonyl (C=O) groups excluding carboxylic acids is 1. The van der Waals surface area contributed by atoms with E-state index < -0.39 is 0 Å². The summed E-state index contributed by atoms with van der Waals surface area (Å²) in [4.78, 5) is 18.7. The van der Waals surface area contributed by atoms with Gasteiger partial charge in [-0.3, -0.25) is 4.79 Å². The average Bonchev–Trinajstić information content (AvgIpc) is 2.83. The van der Waals surface area contributed by atoms with E-state index in [-0.39, 0.29) is 5.91 Å². The molecule has 8 nitrogen and oxygen atoms in total. The van der Waals surface area contributed by atoms with Crippen LogP contribution in [0, 0.1) is 0 Å². The van der Waals surface area contributed by atoms with Crippen LogP contribution in [0.5, 0.6) is 5.75 Å². The summed E-state index contributed by atoms with van der Waals surface area (Å²) >= 11 is 0. The third kappa shape index (κ3) is 4.88. The van der Waals surface area contributed by atoms with Gasteiger partial charge in [-0.15, -0.1) is 10.2 Å². The summed E-state index contributed by atoms with van der Waals surface area (Å²) in [5.74, 6) is 2.57. The highest BCUT2D eigenvalue weighted by Crippen LogP contribution is 2.18. The molecule has 2 aliphatic heterocycles. The van der Waals surface area contributed by atoms with Gasteiger partial charge in [0.2, 0.25) is 5.91 Å². The summed E-state index contributed by atoms with van der Waals surface area (Å²) in [6.07, 6.45) is 3.47. The van der Waals surface area contributed by atoms with Crippen molar-refractivity contribution in [2.75, 3.05) is 69.4 Å². The minimum Gasteiger partial charge on any atom is -0.497 e. The van der Waals surface area contributed by atoms with Crippen LogP contribution in [0.1, 0.15) is 5.56 Å². The van der Waals surface area contributed by atoms with Crippen LogP contribution in [-0.4, -0.2) is 80.6 Å². The third-order valence-electron chi connectivity index (χ3n) is 5.42. The lowest BCUT2D eigenvalue weighted by Gasteiger charge is -2.35. The molecule has 2 saturated heterocycles. The fourth-order valence-corrected chi connectivity index (χ4v) is 3.59. The van der Waals surface area contributed by atoms with E-state index in [4.69, 9.17) is 9.47 Å². The molecule has 1 amide bonds. The lowest BCUT2D eigenvalue weighted by molar-refractivity contribution is -0.126. The van der Waals surface area contributed by atoms with Crippen molar-refractivity contribution in [3.8, 4) is 5.75 Å². The van der Waals surface area contributed by atoms with E-state index in [1.807, 2.05) is 47.4 Å². The van der Waals surface area contributed by atoms with E-state index in [0.29, 0.717) is 13.1 Å². The molecule has 2 fully saturated rings. The maximum Gasteiger partial charge on any atom is 0.246 e. The zero-order valence-corrected chi connectivity index (χ0v) is 17.2. The Labute approximate surface area is 176 Å². The van der Waals surface area contributed by atoms with Crippen LogP contribution in [0.2, 0.25) is 0 Å². The smallest absolute Gasteiger partial charge is 0.246 e. The Kier molecular flexibility index (Phi) is 6.44. The Morgan fingerprint density at radius 1 is 0.900 bits per heavy atom. The van der Waals surface area contributed by atoms with Crippen molar-refractivity contribution in [2.45, 2.75) is 0 Å². The Morgan fingerprint density at radius 2 is 1.50 bits per heavy atom. The largest absolute Gasteiger partial charge is 0.497 e. The monoisotopic (exact) mass is 409 g/mol. The highest BCUT2D eigenvalue weighted by Gasteiger charge is 2.21. The molecule has 8 heteroatoms. The van der Waals surface area contributed by atoms with Crippen LogP contribution in [0.25, 0.3) is 6.08 Å². The van der Waals surface area contributed by atoms with Gasteiger partial charge >= 0.3 is 0 Å². The molecule has 2 aliphatic rings. The summed E-state index contributed by atoms with van der Waals surface area (Å²) in [5, 5.41) is 8.79. The van der Waals surface area contributed by atoms with E-state index in [0.717, 1.165) is 62.3 Å². The first-order chi connectivity index (χ1) is 14.7. The number of morpholine rings is 1. The predicted octanol–water partition coefficient (Wildman–Crippen LogP) is 1.68. The molecule has 1 aromatic carbocycles. The molecule has 0 spiro atoms. The number of amides is 1. The number of methoxy groups -OCH3 is 1. The molecule has 0 saturated carbocycles. The summed E-state index contributed by atoms with van der Waals surface area (Å²) in [7, 11) is 1.64. The van der Waals surface area contributed by atoms with Crippen molar-refractivity contribution in [3.63, 3.8) is 0 Å². The zero-order chi connectivity index (χ0) is 20.8. The maximum atomic E-state index is 12.5. The number of carbonyl (C=O) groups is 1. The number of ether oxygens (including phenoxy) is 2. The summed E-state index contributed by atoms with van der Waals surface area (Å²) in [5.41, 5.74) is 0.971. The number of aromatic nitrogens is 2. The first-order valence-electron chi connectivity index (χ1n) is 10.3.